The third kappa shape index (κ3) is 4.78. The number of rotatable bonds is 9. The second-order valence-corrected chi connectivity index (χ2v) is 8.80. The van der Waals surface area contributed by atoms with E-state index in [4.69, 9.17) is 10.5 Å². The van der Waals surface area contributed by atoms with Crippen molar-refractivity contribution in [2.24, 2.45) is 5.73 Å². The highest BCUT2D eigenvalue weighted by molar-refractivity contribution is 9.10. The number of aromatic nitrogens is 3. The number of nitrogens with two attached hydrogens (primary N) is 1. The number of carbonyl (C=O) groups excluding carboxylic acids is 1. The maximum Gasteiger partial charge on any atom is 0.248 e. The summed E-state index contributed by atoms with van der Waals surface area (Å²) in [4.78, 5) is 17.0. The van der Waals surface area contributed by atoms with Crippen molar-refractivity contribution >= 4 is 39.5 Å². The van der Waals surface area contributed by atoms with E-state index in [2.05, 4.69) is 45.2 Å². The van der Waals surface area contributed by atoms with Gasteiger partial charge in [0.15, 0.2) is 0 Å². The fourth-order valence-electron chi connectivity index (χ4n) is 3.18. The molecule has 1 aromatic heterocycles. The largest absolute Gasteiger partial charge is 0.493 e. The molecule has 0 saturated carbocycles. The molecule has 1 amide bonds. The highest BCUT2D eigenvalue weighted by Gasteiger charge is 2.35. The fraction of sp³-hybridized carbons (Fsp3) is 0.450. The third-order valence-electron chi connectivity index (χ3n) is 4.56. The van der Waals surface area contributed by atoms with Crippen LogP contribution in [0.4, 0.5) is 5.95 Å². The summed E-state index contributed by atoms with van der Waals surface area (Å²) in [5.74, 6) is 1.73. The standard InChI is InChI=1S/C20H26BrN5O2S/c1-4-6-9-28-15-8-7-13(21)11-14(15)17-16(18(22)27)12(3)23-19-24-20(25-26(17)19)29-10-5-2/h7-8,11,17H,4-6,9-10H2,1-3H3,(H2,22,27)(H,23,24,25). The van der Waals surface area contributed by atoms with Crippen molar-refractivity contribution < 1.29 is 9.53 Å². The van der Waals surface area contributed by atoms with Gasteiger partial charge < -0.3 is 15.8 Å². The Hall–Kier alpha value is -2.00. The number of halogens is 1. The molecule has 3 N–H and O–H groups in total. The summed E-state index contributed by atoms with van der Waals surface area (Å²) >= 11 is 5.13. The Balaban J connectivity index is 2.11. The van der Waals surface area contributed by atoms with Crippen molar-refractivity contribution in [2.75, 3.05) is 17.7 Å². The summed E-state index contributed by atoms with van der Waals surface area (Å²) in [7, 11) is 0. The van der Waals surface area contributed by atoms with Gasteiger partial charge in [-0.15, -0.1) is 5.10 Å². The molecule has 0 aliphatic carbocycles. The summed E-state index contributed by atoms with van der Waals surface area (Å²) in [6, 6.07) is 5.28. The summed E-state index contributed by atoms with van der Waals surface area (Å²) < 4.78 is 8.68. The van der Waals surface area contributed by atoms with E-state index in [0.717, 1.165) is 35.1 Å². The molecule has 2 heterocycles. The van der Waals surface area contributed by atoms with Crippen LogP contribution in [0.1, 0.15) is 51.6 Å². The van der Waals surface area contributed by atoms with E-state index in [1.807, 2.05) is 25.1 Å². The zero-order chi connectivity index (χ0) is 21.0. The number of primary amides is 1. The number of unbranched alkanes of at least 4 members (excludes halogenated alkanes) is 1. The van der Waals surface area contributed by atoms with E-state index in [0.29, 0.717) is 34.7 Å². The average Bonchev–Trinajstić information content (AvgIpc) is 3.08. The number of benzene rings is 1. The van der Waals surface area contributed by atoms with Gasteiger partial charge in [-0.2, -0.15) is 4.98 Å². The minimum atomic E-state index is -0.513. The van der Waals surface area contributed by atoms with Crippen molar-refractivity contribution in [2.45, 2.75) is 51.2 Å². The molecule has 1 unspecified atom stereocenters. The molecule has 1 aliphatic heterocycles. The summed E-state index contributed by atoms with van der Waals surface area (Å²) in [5.41, 5.74) is 7.73. The minimum Gasteiger partial charge on any atom is -0.493 e. The Bertz CT molecular complexity index is 928. The van der Waals surface area contributed by atoms with E-state index in [-0.39, 0.29) is 0 Å². The van der Waals surface area contributed by atoms with Gasteiger partial charge in [0.2, 0.25) is 17.0 Å². The van der Waals surface area contributed by atoms with Crippen LogP contribution in [0.3, 0.4) is 0 Å². The van der Waals surface area contributed by atoms with Gasteiger partial charge in [-0.3, -0.25) is 4.79 Å². The molecule has 0 spiro atoms. The molecule has 0 saturated heterocycles. The first kappa shape index (κ1) is 21.7. The number of hydrogen-bond acceptors (Lipinski definition) is 6. The monoisotopic (exact) mass is 479 g/mol. The Labute approximate surface area is 183 Å². The summed E-state index contributed by atoms with van der Waals surface area (Å²) in [6.07, 6.45) is 3.01. The second-order valence-electron chi connectivity index (χ2n) is 6.83. The zero-order valence-electron chi connectivity index (χ0n) is 16.9. The van der Waals surface area contributed by atoms with Crippen LogP contribution >= 0.6 is 27.7 Å². The molecule has 2 aromatic rings. The van der Waals surface area contributed by atoms with Crippen LogP contribution in [0.5, 0.6) is 5.75 Å². The first-order valence-corrected chi connectivity index (χ1v) is 11.5. The lowest BCUT2D eigenvalue weighted by Gasteiger charge is -2.29. The molecular formula is C20H26BrN5O2S. The zero-order valence-corrected chi connectivity index (χ0v) is 19.3. The van der Waals surface area contributed by atoms with Crippen molar-refractivity contribution in [1.82, 2.24) is 14.8 Å². The number of fused-ring (bicyclic) bond motifs is 1. The fourth-order valence-corrected chi connectivity index (χ4v) is 4.25. The molecule has 3 rings (SSSR count). The van der Waals surface area contributed by atoms with Crippen LogP contribution in [0, 0.1) is 0 Å². The predicted molar refractivity (Wildman–Crippen MR) is 119 cm³/mol. The molecule has 1 aromatic carbocycles. The minimum absolute atomic E-state index is 0.452. The topological polar surface area (TPSA) is 95.1 Å². The quantitative estimate of drug-likeness (QED) is 0.406. The van der Waals surface area contributed by atoms with Gasteiger partial charge in [-0.25, -0.2) is 4.68 Å². The number of nitrogens with one attached hydrogen (secondary N) is 1. The van der Waals surface area contributed by atoms with E-state index >= 15 is 0 Å². The van der Waals surface area contributed by atoms with Gasteiger partial charge in [0.25, 0.3) is 0 Å². The van der Waals surface area contributed by atoms with Crippen LogP contribution in [-0.2, 0) is 4.79 Å². The molecular weight excluding hydrogens is 454 g/mol. The van der Waals surface area contributed by atoms with Crippen LogP contribution < -0.4 is 15.8 Å². The third-order valence-corrected chi connectivity index (χ3v) is 6.09. The Morgan fingerprint density at radius 1 is 1.38 bits per heavy atom. The van der Waals surface area contributed by atoms with Crippen molar-refractivity contribution in [1.29, 1.82) is 0 Å². The van der Waals surface area contributed by atoms with Gasteiger partial charge >= 0.3 is 0 Å². The number of nitrogens with zero attached hydrogens (tertiary/aromatic N) is 3. The molecule has 9 heteroatoms. The van der Waals surface area contributed by atoms with Crippen molar-refractivity contribution in [3.8, 4) is 5.75 Å². The average molecular weight is 480 g/mol. The van der Waals surface area contributed by atoms with Crippen molar-refractivity contribution in [3.05, 3.63) is 39.5 Å². The smallest absolute Gasteiger partial charge is 0.248 e. The SMILES string of the molecule is CCCCOc1ccc(Br)cc1C1C(C(N)=O)=C(C)Nc2nc(SCCC)nn21. The van der Waals surface area contributed by atoms with Gasteiger partial charge in [0.05, 0.1) is 12.2 Å². The molecule has 1 atom stereocenters. The van der Waals surface area contributed by atoms with Crippen LogP contribution in [0.2, 0.25) is 0 Å². The number of hydrogen-bond donors (Lipinski definition) is 2. The first-order chi connectivity index (χ1) is 14.0. The Kier molecular flexibility index (Phi) is 7.23. The number of thioether (sulfide) groups is 1. The number of allylic oxidation sites excluding steroid dienone is 1. The van der Waals surface area contributed by atoms with Gasteiger partial charge in [-0.05, 0) is 38.0 Å². The normalized spacial score (nSPS) is 15.8. The van der Waals surface area contributed by atoms with Crippen LogP contribution in [-0.4, -0.2) is 33.0 Å². The first-order valence-electron chi connectivity index (χ1n) is 9.75. The maximum atomic E-state index is 12.4. The van der Waals surface area contributed by atoms with E-state index in [1.54, 1.807) is 16.4 Å². The molecule has 156 valence electrons. The van der Waals surface area contributed by atoms with Gasteiger partial charge in [-0.1, -0.05) is 48.0 Å². The lowest BCUT2D eigenvalue weighted by atomic mass is 9.94. The molecule has 0 fully saturated rings. The number of anilines is 1. The number of amides is 1. The number of carbonyl (C=O) groups is 1. The maximum absolute atomic E-state index is 12.4. The lowest BCUT2D eigenvalue weighted by molar-refractivity contribution is -0.115. The highest BCUT2D eigenvalue weighted by atomic mass is 79.9. The highest BCUT2D eigenvalue weighted by Crippen LogP contribution is 2.40. The molecule has 0 radical (unpaired) electrons. The predicted octanol–water partition coefficient (Wildman–Crippen LogP) is 4.50. The van der Waals surface area contributed by atoms with E-state index in [9.17, 15) is 4.79 Å². The van der Waals surface area contributed by atoms with Crippen LogP contribution in [0.15, 0.2) is 39.1 Å². The number of ether oxygens (including phenoxy) is 1. The molecule has 1 aliphatic rings. The Morgan fingerprint density at radius 3 is 2.86 bits per heavy atom. The summed E-state index contributed by atoms with van der Waals surface area (Å²) in [6.45, 7) is 6.67. The van der Waals surface area contributed by atoms with Crippen molar-refractivity contribution in [3.63, 3.8) is 0 Å². The van der Waals surface area contributed by atoms with Gasteiger partial charge in [0.1, 0.15) is 11.8 Å². The second kappa shape index (κ2) is 9.67. The Morgan fingerprint density at radius 2 is 2.17 bits per heavy atom. The van der Waals surface area contributed by atoms with E-state index in [1.165, 1.54) is 0 Å². The van der Waals surface area contributed by atoms with Gasteiger partial charge in [0, 0.05) is 21.5 Å². The molecule has 7 nitrogen and oxygen atoms in total. The van der Waals surface area contributed by atoms with Crippen LogP contribution in [0.25, 0.3) is 0 Å². The molecule has 29 heavy (non-hydrogen) atoms. The van der Waals surface area contributed by atoms with E-state index < -0.39 is 11.9 Å². The summed E-state index contributed by atoms with van der Waals surface area (Å²) in [5, 5.41) is 8.52. The molecule has 0 bridgehead atoms. The lowest BCUT2D eigenvalue weighted by Crippen LogP contribution is -2.32.